The molecule has 0 spiro atoms. The molecule has 2 N–H and O–H groups in total. The van der Waals surface area contributed by atoms with Gasteiger partial charge in [0, 0.05) is 12.6 Å². The zero-order valence-corrected chi connectivity index (χ0v) is 7.06. The number of amides is 1. The van der Waals surface area contributed by atoms with E-state index in [9.17, 15) is 9.59 Å². The second-order valence-electron chi connectivity index (χ2n) is 3.18. The third-order valence-corrected chi connectivity index (χ3v) is 2.37. The van der Waals surface area contributed by atoms with E-state index in [1.165, 1.54) is 0 Å². The summed E-state index contributed by atoms with van der Waals surface area (Å²) in [5, 5.41) is 0. The van der Waals surface area contributed by atoms with Gasteiger partial charge in [0.2, 0.25) is 5.91 Å². The van der Waals surface area contributed by atoms with Crippen LogP contribution in [0.25, 0.3) is 0 Å². The maximum Gasteiger partial charge on any atom is 0.240 e. The number of fused-ring (bicyclic) bond motifs is 1. The molecule has 0 aromatic carbocycles. The molecule has 1 amide bonds. The van der Waals surface area contributed by atoms with Crippen molar-refractivity contribution < 1.29 is 9.59 Å². The van der Waals surface area contributed by atoms with Crippen LogP contribution in [-0.4, -0.2) is 16.3 Å². The van der Waals surface area contributed by atoms with Gasteiger partial charge < -0.3 is 10.3 Å². The molecule has 0 aliphatic carbocycles. The summed E-state index contributed by atoms with van der Waals surface area (Å²) in [6.07, 6.45) is 2.66. The molecule has 1 atom stereocenters. The average molecular weight is 178 g/mol. The number of carbonyl (C=O) groups excluding carboxylic acids is 2. The van der Waals surface area contributed by atoms with Crippen molar-refractivity contribution in [1.82, 2.24) is 4.57 Å². The van der Waals surface area contributed by atoms with E-state index in [0.717, 1.165) is 0 Å². The van der Waals surface area contributed by atoms with Crippen LogP contribution < -0.4 is 5.73 Å². The quantitative estimate of drug-likeness (QED) is 0.680. The van der Waals surface area contributed by atoms with Crippen molar-refractivity contribution in [3.8, 4) is 0 Å². The number of primary amides is 1. The highest BCUT2D eigenvalue weighted by Crippen LogP contribution is 2.24. The minimum Gasteiger partial charge on any atom is -0.368 e. The van der Waals surface area contributed by atoms with Crippen molar-refractivity contribution in [1.29, 1.82) is 0 Å². The minimum absolute atomic E-state index is 0.0856. The van der Waals surface area contributed by atoms with Crippen molar-refractivity contribution in [2.24, 2.45) is 5.73 Å². The Hall–Kier alpha value is -1.58. The summed E-state index contributed by atoms with van der Waals surface area (Å²) >= 11 is 0. The molecule has 0 saturated carbocycles. The third kappa shape index (κ3) is 1.14. The molecule has 0 fully saturated rings. The molecule has 4 nitrogen and oxygen atoms in total. The molecule has 2 heterocycles. The molecule has 1 aliphatic rings. The summed E-state index contributed by atoms with van der Waals surface area (Å²) in [6, 6.07) is 3.13. The second-order valence-corrected chi connectivity index (χ2v) is 3.18. The first-order valence-electron chi connectivity index (χ1n) is 4.19. The summed E-state index contributed by atoms with van der Waals surface area (Å²) in [5.41, 5.74) is 5.81. The van der Waals surface area contributed by atoms with E-state index in [1.807, 2.05) is 0 Å². The van der Waals surface area contributed by atoms with E-state index in [1.54, 1.807) is 22.9 Å². The van der Waals surface area contributed by atoms with Crippen LogP contribution >= 0.6 is 0 Å². The van der Waals surface area contributed by atoms with Crippen LogP contribution in [0.15, 0.2) is 18.3 Å². The highest BCUT2D eigenvalue weighted by Gasteiger charge is 2.27. The van der Waals surface area contributed by atoms with E-state index < -0.39 is 0 Å². The smallest absolute Gasteiger partial charge is 0.240 e. The molecule has 1 aliphatic heterocycles. The molecule has 1 aromatic heterocycles. The van der Waals surface area contributed by atoms with Gasteiger partial charge in [0.15, 0.2) is 5.78 Å². The second kappa shape index (κ2) is 2.73. The Kier molecular flexibility index (Phi) is 1.69. The number of nitrogens with zero attached hydrogens (tertiary/aromatic N) is 1. The lowest BCUT2D eigenvalue weighted by atomic mass is 10.0. The third-order valence-electron chi connectivity index (χ3n) is 2.37. The van der Waals surface area contributed by atoms with Crippen LogP contribution in [0.3, 0.4) is 0 Å². The predicted molar refractivity (Wildman–Crippen MR) is 46.2 cm³/mol. The van der Waals surface area contributed by atoms with Crippen molar-refractivity contribution >= 4 is 11.7 Å². The molecule has 0 bridgehead atoms. The summed E-state index contributed by atoms with van der Waals surface area (Å²) in [5.74, 6) is -0.285. The number of Topliss-reactive ketones (excluding diaryl/α,β-unsaturated/α-hetero) is 1. The lowest BCUT2D eigenvalue weighted by molar-refractivity contribution is -0.121. The number of aromatic nitrogens is 1. The Balaban J connectivity index is 2.46. The highest BCUT2D eigenvalue weighted by molar-refractivity contribution is 5.97. The lowest BCUT2D eigenvalue weighted by Crippen LogP contribution is -2.31. The molecule has 2 rings (SSSR count). The van der Waals surface area contributed by atoms with Gasteiger partial charge in [-0.05, 0) is 18.6 Å². The topological polar surface area (TPSA) is 65.1 Å². The van der Waals surface area contributed by atoms with Gasteiger partial charge in [-0.3, -0.25) is 9.59 Å². The number of carbonyl (C=O) groups is 2. The highest BCUT2D eigenvalue weighted by atomic mass is 16.1. The number of rotatable bonds is 1. The summed E-state index contributed by atoms with van der Waals surface area (Å²) in [7, 11) is 0. The average Bonchev–Trinajstić information content (AvgIpc) is 2.53. The first kappa shape index (κ1) is 8.04. The maximum atomic E-state index is 11.3. The van der Waals surface area contributed by atoms with Crippen LogP contribution in [-0.2, 0) is 4.79 Å². The van der Waals surface area contributed by atoms with Crippen molar-refractivity contribution in [2.75, 3.05) is 0 Å². The minimum atomic E-state index is -0.370. The SMILES string of the molecule is NC(=O)C1CCC(=O)c2cccn21. The number of ketones is 1. The Bertz CT molecular complexity index is 367. The molecule has 1 unspecified atom stereocenters. The monoisotopic (exact) mass is 178 g/mol. The Morgan fingerprint density at radius 3 is 3.08 bits per heavy atom. The van der Waals surface area contributed by atoms with Gasteiger partial charge in [-0.1, -0.05) is 0 Å². The molecule has 68 valence electrons. The number of hydrogen-bond donors (Lipinski definition) is 1. The lowest BCUT2D eigenvalue weighted by Gasteiger charge is -2.22. The fourth-order valence-electron chi connectivity index (χ4n) is 1.72. The molecular formula is C9H10N2O2. The Labute approximate surface area is 75.3 Å². The predicted octanol–water partition coefficient (Wildman–Crippen LogP) is 0.491. The standard InChI is InChI=1S/C9H10N2O2/c10-9(13)7-3-4-8(12)6-2-1-5-11(6)7/h1-2,5,7H,3-4H2,(H2,10,13). The fraction of sp³-hybridized carbons (Fsp3) is 0.333. The van der Waals surface area contributed by atoms with Gasteiger partial charge in [-0.15, -0.1) is 0 Å². The van der Waals surface area contributed by atoms with Gasteiger partial charge in [0.1, 0.15) is 6.04 Å². The van der Waals surface area contributed by atoms with Gasteiger partial charge in [0.05, 0.1) is 5.69 Å². The Morgan fingerprint density at radius 1 is 1.62 bits per heavy atom. The van der Waals surface area contributed by atoms with Crippen LogP contribution in [0.5, 0.6) is 0 Å². The largest absolute Gasteiger partial charge is 0.368 e. The van der Waals surface area contributed by atoms with Crippen molar-refractivity contribution in [3.63, 3.8) is 0 Å². The van der Waals surface area contributed by atoms with Crippen LogP contribution in [0.1, 0.15) is 29.4 Å². The summed E-state index contributed by atoms with van der Waals surface area (Å²) in [6.45, 7) is 0. The van der Waals surface area contributed by atoms with Crippen LogP contribution in [0.2, 0.25) is 0 Å². The van der Waals surface area contributed by atoms with E-state index in [0.29, 0.717) is 18.5 Å². The van der Waals surface area contributed by atoms with Crippen LogP contribution in [0.4, 0.5) is 0 Å². The van der Waals surface area contributed by atoms with E-state index in [-0.39, 0.29) is 17.7 Å². The molecule has 4 heteroatoms. The van der Waals surface area contributed by atoms with Gasteiger partial charge in [-0.2, -0.15) is 0 Å². The van der Waals surface area contributed by atoms with Gasteiger partial charge in [-0.25, -0.2) is 0 Å². The maximum absolute atomic E-state index is 11.3. The first-order valence-corrected chi connectivity index (χ1v) is 4.19. The van der Waals surface area contributed by atoms with Gasteiger partial charge >= 0.3 is 0 Å². The normalized spacial score (nSPS) is 21.2. The Morgan fingerprint density at radius 2 is 2.38 bits per heavy atom. The number of hydrogen-bond acceptors (Lipinski definition) is 2. The first-order chi connectivity index (χ1) is 6.20. The molecule has 1 aromatic rings. The van der Waals surface area contributed by atoms with Crippen molar-refractivity contribution in [3.05, 3.63) is 24.0 Å². The molecule has 0 radical (unpaired) electrons. The van der Waals surface area contributed by atoms with E-state index in [2.05, 4.69) is 0 Å². The molecule has 13 heavy (non-hydrogen) atoms. The molecular weight excluding hydrogens is 168 g/mol. The van der Waals surface area contributed by atoms with Gasteiger partial charge in [0.25, 0.3) is 0 Å². The molecule has 0 saturated heterocycles. The zero-order valence-electron chi connectivity index (χ0n) is 7.06. The van der Waals surface area contributed by atoms with E-state index in [4.69, 9.17) is 5.73 Å². The number of nitrogens with two attached hydrogens (primary N) is 1. The van der Waals surface area contributed by atoms with E-state index >= 15 is 0 Å². The zero-order chi connectivity index (χ0) is 9.42. The summed E-state index contributed by atoms with van der Waals surface area (Å²) < 4.78 is 1.66. The van der Waals surface area contributed by atoms with Crippen molar-refractivity contribution in [2.45, 2.75) is 18.9 Å². The fourth-order valence-corrected chi connectivity index (χ4v) is 1.72. The van der Waals surface area contributed by atoms with Crippen LogP contribution in [0, 0.1) is 0 Å². The summed E-state index contributed by atoms with van der Waals surface area (Å²) in [4.78, 5) is 22.4.